The van der Waals surface area contributed by atoms with Crippen LogP contribution < -0.4 is 23.7 Å². The third kappa shape index (κ3) is 14.5. The molecule has 6 unspecified atom stereocenters. The molecule has 8 rings (SSSR count). The largest absolute Gasteiger partial charge is 0.496 e. The Hall–Kier alpha value is -6.95. The predicted octanol–water partition coefficient (Wildman–Crippen LogP) is 13.3. The van der Waals surface area contributed by atoms with Gasteiger partial charge in [-0.05, 0) is 121 Å². The molecule has 2 aliphatic heterocycles. The zero-order valence-corrected chi connectivity index (χ0v) is 46.4. The summed E-state index contributed by atoms with van der Waals surface area (Å²) in [6.45, 7) is 6.75. The summed E-state index contributed by atoms with van der Waals surface area (Å²) >= 11 is 0. The van der Waals surface area contributed by atoms with Gasteiger partial charge in [-0.1, -0.05) is 101 Å². The Morgan fingerprint density at radius 2 is 1.52 bits per heavy atom. The molecule has 0 radical (unpaired) electrons. The van der Waals surface area contributed by atoms with E-state index < -0.39 is 28.8 Å². The molecule has 0 aromatic heterocycles. The monoisotopic (exact) mass is 1100 g/mol. The van der Waals surface area contributed by atoms with Crippen LogP contribution in [0.25, 0.3) is 0 Å². The van der Waals surface area contributed by atoms with Gasteiger partial charge in [0.25, 0.3) is 5.69 Å². The summed E-state index contributed by atoms with van der Waals surface area (Å²) in [5.41, 5.74) is 3.90. The molecule has 80 heavy (non-hydrogen) atoms. The number of non-ortho nitro benzene ring substituents is 1. The highest BCUT2D eigenvalue weighted by Crippen LogP contribution is 2.62. The fraction of sp³-hybridized carbons (Fsp3) is 0.508. The molecule has 430 valence electrons. The number of methoxy groups -OCH3 is 1. The Morgan fingerprint density at radius 3 is 2.24 bits per heavy atom. The van der Waals surface area contributed by atoms with Crippen LogP contribution in [-0.4, -0.2) is 90.3 Å². The van der Waals surface area contributed by atoms with E-state index in [0.29, 0.717) is 83.4 Å². The molecule has 1 amide bonds. The Kier molecular flexibility index (Phi) is 21.8. The minimum absolute atomic E-state index is 0.00558. The maximum absolute atomic E-state index is 15.3. The SMILES string of the molecule is C=CCOC12Oc3ccc(Oc4ccc(OC)c(C=O)c4)cc3C3C(CCCCO)C(CCCCO)C=C(C(=NOCc4ccc([N+](=O)[O-])cc4)CC1N(Cc1ccc4c(c1)OCO4)C(=O)OCCCCCCCCCCCC)C32. The molecule has 4 aliphatic rings. The first-order valence-electron chi connectivity index (χ1n) is 28.7. The van der Waals surface area contributed by atoms with Gasteiger partial charge in [-0.25, -0.2) is 4.79 Å². The third-order valence-electron chi connectivity index (χ3n) is 15.9. The summed E-state index contributed by atoms with van der Waals surface area (Å²) in [5, 5.41) is 36.8. The van der Waals surface area contributed by atoms with Crippen LogP contribution in [0.1, 0.15) is 149 Å². The van der Waals surface area contributed by atoms with Crippen molar-refractivity contribution < 1.29 is 62.7 Å². The summed E-state index contributed by atoms with van der Waals surface area (Å²) in [6.07, 6.45) is 19.5. The van der Waals surface area contributed by atoms with Crippen molar-refractivity contribution in [3.05, 3.63) is 136 Å². The third-order valence-corrected chi connectivity index (χ3v) is 15.9. The second-order valence-corrected chi connectivity index (χ2v) is 21.2. The minimum Gasteiger partial charge on any atom is -0.496 e. The quantitative estimate of drug-likeness (QED) is 0.0150. The highest BCUT2D eigenvalue weighted by atomic mass is 16.7. The van der Waals surface area contributed by atoms with Crippen molar-refractivity contribution in [2.75, 3.05) is 40.3 Å². The van der Waals surface area contributed by atoms with Gasteiger partial charge in [-0.3, -0.25) is 19.8 Å². The van der Waals surface area contributed by atoms with E-state index >= 15 is 4.79 Å². The Balaban J connectivity index is 1.25. The molecule has 2 aliphatic carbocycles. The first-order chi connectivity index (χ1) is 39.1. The standard InChI is InChI=1S/C63H79N3O14/c1-4-6-7-8-9-10-11-12-13-18-34-74-62(70)65(40-45-23-28-57-58(35-45)76-43-75-57)59-39-54(64-78-42-44-21-24-48(25-22-44)66(71)72)52-37-46(19-14-16-31-67)51(20-15-17-32-68)60-53-38-50(79-49-26-29-55(73-3)47(36-49)41-69)27-30-56(53)80-63(59,61(52)60)77-33-5-2/h5,21-30,35-38,41,46,51,59-61,67-68H,2,4,6-20,31-34,39-40,42-43H2,1,3H3. The number of nitro benzene ring substituents is 1. The summed E-state index contributed by atoms with van der Waals surface area (Å²) < 4.78 is 44.6. The average Bonchev–Trinajstić information content (AvgIpc) is 3.72. The summed E-state index contributed by atoms with van der Waals surface area (Å²) in [6, 6.07) is 21.5. The van der Waals surface area contributed by atoms with E-state index in [1.54, 1.807) is 41.3 Å². The molecule has 0 saturated heterocycles. The Labute approximate surface area is 470 Å². The van der Waals surface area contributed by atoms with E-state index in [1.165, 1.54) is 57.8 Å². The Morgan fingerprint density at radius 1 is 0.838 bits per heavy atom. The van der Waals surface area contributed by atoms with E-state index in [4.69, 9.17) is 43.2 Å². The number of ether oxygens (including phenoxy) is 7. The number of aliphatic hydroxyl groups excluding tert-OH is 2. The number of carbonyl (C=O) groups is 2. The van der Waals surface area contributed by atoms with Crippen LogP contribution in [0.2, 0.25) is 0 Å². The van der Waals surface area contributed by atoms with Crippen LogP contribution in [0.15, 0.2) is 108 Å². The van der Waals surface area contributed by atoms with Crippen molar-refractivity contribution in [2.24, 2.45) is 22.9 Å². The number of carbonyl (C=O) groups excluding carboxylic acids is 2. The number of allylic oxidation sites excluding steroid dienone is 1. The van der Waals surface area contributed by atoms with Gasteiger partial charge in [-0.2, -0.15) is 0 Å². The molecule has 4 aromatic carbocycles. The van der Waals surface area contributed by atoms with Gasteiger partial charge in [0.15, 0.2) is 17.8 Å². The lowest BCUT2D eigenvalue weighted by molar-refractivity contribution is -0.384. The van der Waals surface area contributed by atoms with Crippen molar-refractivity contribution in [3.63, 3.8) is 0 Å². The van der Waals surface area contributed by atoms with Gasteiger partial charge in [0, 0.05) is 49.8 Å². The van der Waals surface area contributed by atoms with Crippen LogP contribution >= 0.6 is 0 Å². The topological polar surface area (TPSA) is 207 Å². The van der Waals surface area contributed by atoms with Crippen molar-refractivity contribution in [1.82, 2.24) is 4.90 Å². The number of aldehydes is 1. The predicted molar refractivity (Wildman–Crippen MR) is 303 cm³/mol. The molecule has 2 heterocycles. The molecular weight excluding hydrogens is 1020 g/mol. The average molecular weight is 1100 g/mol. The highest BCUT2D eigenvalue weighted by Gasteiger charge is 2.66. The number of aliphatic hydroxyl groups is 2. The molecule has 4 aromatic rings. The van der Waals surface area contributed by atoms with Crippen LogP contribution in [0.5, 0.6) is 34.5 Å². The van der Waals surface area contributed by atoms with Crippen LogP contribution in [0.4, 0.5) is 10.5 Å². The van der Waals surface area contributed by atoms with Gasteiger partial charge < -0.3 is 48.2 Å². The smallest absolute Gasteiger partial charge is 0.410 e. The molecule has 1 fully saturated rings. The molecule has 0 spiro atoms. The number of hydrogen-bond acceptors (Lipinski definition) is 15. The second-order valence-electron chi connectivity index (χ2n) is 21.2. The van der Waals surface area contributed by atoms with Gasteiger partial charge in [0.05, 0.1) is 42.4 Å². The van der Waals surface area contributed by atoms with Crippen LogP contribution in [0.3, 0.4) is 0 Å². The van der Waals surface area contributed by atoms with Crippen molar-refractivity contribution >= 4 is 23.8 Å². The number of nitro groups is 1. The van der Waals surface area contributed by atoms with E-state index in [0.717, 1.165) is 55.1 Å². The molecule has 17 heteroatoms. The number of oxime groups is 1. The van der Waals surface area contributed by atoms with Crippen molar-refractivity contribution in [2.45, 2.75) is 147 Å². The summed E-state index contributed by atoms with van der Waals surface area (Å²) in [5.74, 6) is 0.199. The second kappa shape index (κ2) is 29.5. The lowest BCUT2D eigenvalue weighted by Gasteiger charge is -2.59. The lowest BCUT2D eigenvalue weighted by atomic mass is 9.55. The van der Waals surface area contributed by atoms with Gasteiger partial charge in [0.1, 0.15) is 35.6 Å². The van der Waals surface area contributed by atoms with Crippen LogP contribution in [0, 0.1) is 27.9 Å². The number of benzene rings is 4. The number of amides is 1. The van der Waals surface area contributed by atoms with Crippen molar-refractivity contribution in [3.8, 4) is 34.5 Å². The highest BCUT2D eigenvalue weighted by molar-refractivity contribution is 6.03. The summed E-state index contributed by atoms with van der Waals surface area (Å²) in [7, 11) is 1.50. The first kappa shape index (κ1) is 59.2. The molecule has 6 atom stereocenters. The normalized spacial score (nSPS) is 20.9. The molecular formula is C63H79N3O14. The van der Waals surface area contributed by atoms with E-state index in [-0.39, 0.29) is 76.2 Å². The fourth-order valence-electron chi connectivity index (χ4n) is 12.0. The van der Waals surface area contributed by atoms with E-state index in [2.05, 4.69) is 19.6 Å². The van der Waals surface area contributed by atoms with Crippen molar-refractivity contribution in [1.29, 1.82) is 0 Å². The van der Waals surface area contributed by atoms with Crippen LogP contribution in [-0.2, 0) is 27.5 Å². The molecule has 2 N–H and O–H groups in total. The lowest BCUT2D eigenvalue weighted by Crippen LogP contribution is -2.70. The maximum Gasteiger partial charge on any atom is 0.410 e. The van der Waals surface area contributed by atoms with E-state index in [1.807, 2.05) is 36.4 Å². The van der Waals surface area contributed by atoms with Gasteiger partial charge >= 0.3 is 6.09 Å². The van der Waals surface area contributed by atoms with Gasteiger partial charge in [-0.15, -0.1) is 6.58 Å². The molecule has 0 bridgehead atoms. The number of rotatable bonds is 33. The number of hydrogen-bond donors (Lipinski definition) is 2. The fourth-order valence-corrected chi connectivity index (χ4v) is 12.0. The number of unbranched alkanes of at least 4 members (excludes halogenated alkanes) is 11. The zero-order valence-electron chi connectivity index (χ0n) is 46.4. The molecule has 17 nitrogen and oxygen atoms in total. The first-order valence-corrected chi connectivity index (χ1v) is 28.7. The number of fused-ring (bicyclic) bond motifs is 3. The number of nitrogens with zero attached hydrogens (tertiary/aromatic N) is 3. The zero-order chi connectivity index (χ0) is 56.3. The summed E-state index contributed by atoms with van der Waals surface area (Å²) in [4.78, 5) is 46.5. The van der Waals surface area contributed by atoms with Gasteiger partial charge in [0.2, 0.25) is 12.6 Å². The van der Waals surface area contributed by atoms with E-state index in [9.17, 15) is 25.1 Å². The Bertz CT molecular complexity index is 2760. The molecule has 1 saturated carbocycles. The minimum atomic E-state index is -1.61. The maximum atomic E-state index is 15.3.